The maximum atomic E-state index is 5.93. The van der Waals surface area contributed by atoms with E-state index in [9.17, 15) is 0 Å². The van der Waals surface area contributed by atoms with E-state index in [1.807, 2.05) is 66.9 Å². The molecule has 2 aromatic carbocycles. The van der Waals surface area contributed by atoms with Gasteiger partial charge in [0.05, 0.1) is 11.4 Å². The third kappa shape index (κ3) is 4.07. The van der Waals surface area contributed by atoms with E-state index in [1.165, 1.54) is 0 Å². The normalized spacial score (nSPS) is 17.0. The van der Waals surface area contributed by atoms with Crippen LogP contribution in [0.3, 0.4) is 0 Å². The highest BCUT2D eigenvalue weighted by Crippen LogP contribution is 2.32. The topological polar surface area (TPSA) is 56.1 Å². The largest absolute Gasteiger partial charge is 0.457 e. The molecule has 0 spiro atoms. The Bertz CT molecular complexity index is 1170. The number of hydrogen-bond acceptors (Lipinski definition) is 5. The highest BCUT2D eigenvalue weighted by atomic mass is 16.5. The molecule has 2 aromatic heterocycles. The SMILES string of the molecule is C=CCN1CCC[C@@H](n2nc(-c3ccc(Oc4ccccc4)cc3)c3cncnc32)C1. The van der Waals surface area contributed by atoms with Gasteiger partial charge in [0, 0.05) is 24.8 Å². The highest BCUT2D eigenvalue weighted by Gasteiger charge is 2.25. The number of fused-ring (bicyclic) bond motifs is 1. The van der Waals surface area contributed by atoms with Crippen molar-refractivity contribution in [1.82, 2.24) is 24.6 Å². The summed E-state index contributed by atoms with van der Waals surface area (Å²) >= 11 is 0. The third-order valence-electron chi connectivity index (χ3n) is 5.69. The first-order chi connectivity index (χ1) is 15.3. The molecule has 6 nitrogen and oxygen atoms in total. The molecule has 0 saturated carbocycles. The zero-order chi connectivity index (χ0) is 21.0. The third-order valence-corrected chi connectivity index (χ3v) is 5.69. The molecule has 0 unspecified atom stereocenters. The quantitative estimate of drug-likeness (QED) is 0.413. The molecule has 0 radical (unpaired) electrons. The summed E-state index contributed by atoms with van der Waals surface area (Å²) in [4.78, 5) is 11.3. The zero-order valence-electron chi connectivity index (χ0n) is 17.4. The molecule has 3 heterocycles. The van der Waals surface area contributed by atoms with Crippen LogP contribution in [0.5, 0.6) is 11.5 Å². The number of likely N-dealkylation sites (tertiary alicyclic amines) is 1. The summed E-state index contributed by atoms with van der Waals surface area (Å²) in [5, 5.41) is 5.98. The fourth-order valence-electron chi connectivity index (χ4n) is 4.23. The van der Waals surface area contributed by atoms with Gasteiger partial charge >= 0.3 is 0 Å². The van der Waals surface area contributed by atoms with Crippen LogP contribution in [-0.2, 0) is 0 Å². The lowest BCUT2D eigenvalue weighted by Gasteiger charge is -2.32. The van der Waals surface area contributed by atoms with E-state index in [1.54, 1.807) is 6.33 Å². The van der Waals surface area contributed by atoms with E-state index in [4.69, 9.17) is 9.84 Å². The lowest BCUT2D eigenvalue weighted by Crippen LogP contribution is -2.37. The summed E-state index contributed by atoms with van der Waals surface area (Å²) < 4.78 is 8.02. The van der Waals surface area contributed by atoms with Gasteiger partial charge in [-0.15, -0.1) is 6.58 Å². The van der Waals surface area contributed by atoms with Crippen molar-refractivity contribution in [3.63, 3.8) is 0 Å². The van der Waals surface area contributed by atoms with E-state index in [0.717, 1.165) is 66.3 Å². The molecule has 156 valence electrons. The van der Waals surface area contributed by atoms with Crippen LogP contribution in [0.4, 0.5) is 0 Å². The van der Waals surface area contributed by atoms with Gasteiger partial charge in [-0.25, -0.2) is 14.6 Å². The first-order valence-corrected chi connectivity index (χ1v) is 10.7. The summed E-state index contributed by atoms with van der Waals surface area (Å²) in [5.41, 5.74) is 2.82. The van der Waals surface area contributed by atoms with Gasteiger partial charge in [0.1, 0.15) is 23.5 Å². The van der Waals surface area contributed by atoms with Crippen molar-refractivity contribution in [2.45, 2.75) is 18.9 Å². The van der Waals surface area contributed by atoms with E-state index in [-0.39, 0.29) is 0 Å². The molecule has 5 rings (SSSR count). The second-order valence-electron chi connectivity index (χ2n) is 7.84. The van der Waals surface area contributed by atoms with Crippen LogP contribution in [0.25, 0.3) is 22.3 Å². The minimum absolute atomic E-state index is 0.292. The van der Waals surface area contributed by atoms with Gasteiger partial charge in [0.15, 0.2) is 5.65 Å². The molecule has 1 aliphatic rings. The number of hydrogen-bond donors (Lipinski definition) is 0. The molecule has 1 atom stereocenters. The first-order valence-electron chi connectivity index (χ1n) is 10.7. The van der Waals surface area contributed by atoms with Crippen LogP contribution in [-0.4, -0.2) is 44.3 Å². The number of para-hydroxylation sites is 1. The average Bonchev–Trinajstić information content (AvgIpc) is 3.21. The lowest BCUT2D eigenvalue weighted by molar-refractivity contribution is 0.188. The molecular weight excluding hydrogens is 386 g/mol. The Morgan fingerprint density at radius 1 is 1.06 bits per heavy atom. The summed E-state index contributed by atoms with van der Waals surface area (Å²) in [6.45, 7) is 6.85. The van der Waals surface area contributed by atoms with Gasteiger partial charge in [-0.3, -0.25) is 4.90 Å². The fourth-order valence-corrected chi connectivity index (χ4v) is 4.23. The lowest BCUT2D eigenvalue weighted by atomic mass is 10.1. The fraction of sp³-hybridized carbons (Fsp3) is 0.240. The minimum Gasteiger partial charge on any atom is -0.457 e. The maximum absolute atomic E-state index is 5.93. The van der Waals surface area contributed by atoms with Crippen molar-refractivity contribution >= 4 is 11.0 Å². The second-order valence-corrected chi connectivity index (χ2v) is 7.84. The second kappa shape index (κ2) is 8.70. The summed E-state index contributed by atoms with van der Waals surface area (Å²) in [6.07, 6.45) is 7.67. The minimum atomic E-state index is 0.292. The van der Waals surface area contributed by atoms with Gasteiger partial charge in [-0.05, 0) is 55.8 Å². The molecule has 0 aliphatic carbocycles. The Morgan fingerprint density at radius 2 is 1.87 bits per heavy atom. The summed E-state index contributed by atoms with van der Waals surface area (Å²) in [6, 6.07) is 18.1. The first kappa shape index (κ1) is 19.5. The maximum Gasteiger partial charge on any atom is 0.162 e. The number of benzene rings is 2. The Hall–Kier alpha value is -3.51. The molecule has 6 heteroatoms. The van der Waals surface area contributed by atoms with Crippen LogP contribution in [0.1, 0.15) is 18.9 Å². The van der Waals surface area contributed by atoms with Crippen molar-refractivity contribution in [1.29, 1.82) is 0 Å². The number of rotatable bonds is 6. The molecule has 1 saturated heterocycles. The molecule has 4 aromatic rings. The number of aromatic nitrogens is 4. The summed E-state index contributed by atoms with van der Waals surface area (Å²) in [5.74, 6) is 1.61. The number of ether oxygens (including phenoxy) is 1. The standard InChI is InChI=1S/C25H25N5O/c1-2-14-29-15-6-7-20(17-29)30-25-23(16-26-18-27-25)24(28-30)19-10-12-22(13-11-19)31-21-8-4-3-5-9-21/h2-5,8-13,16,18,20H,1,6-7,14-15,17H2/t20-/m1/s1. The molecule has 1 fully saturated rings. The highest BCUT2D eigenvalue weighted by molar-refractivity contribution is 5.90. The number of piperidine rings is 1. The van der Waals surface area contributed by atoms with Crippen LogP contribution in [0, 0.1) is 0 Å². The predicted octanol–water partition coefficient (Wildman–Crippen LogP) is 5.11. The van der Waals surface area contributed by atoms with Crippen molar-refractivity contribution in [3.05, 3.63) is 79.8 Å². The molecule has 0 bridgehead atoms. The van der Waals surface area contributed by atoms with Crippen LogP contribution in [0.2, 0.25) is 0 Å². The van der Waals surface area contributed by atoms with Gasteiger partial charge in [-0.2, -0.15) is 5.10 Å². The van der Waals surface area contributed by atoms with Crippen molar-refractivity contribution in [2.24, 2.45) is 0 Å². The van der Waals surface area contributed by atoms with Crippen molar-refractivity contribution in [2.75, 3.05) is 19.6 Å². The Balaban J connectivity index is 1.46. The van der Waals surface area contributed by atoms with E-state index < -0.39 is 0 Å². The number of nitrogens with zero attached hydrogens (tertiary/aromatic N) is 5. The van der Waals surface area contributed by atoms with E-state index in [2.05, 4.69) is 26.1 Å². The monoisotopic (exact) mass is 411 g/mol. The molecular formula is C25H25N5O. The van der Waals surface area contributed by atoms with Crippen LogP contribution in [0.15, 0.2) is 79.8 Å². The van der Waals surface area contributed by atoms with Gasteiger partial charge in [0.2, 0.25) is 0 Å². The van der Waals surface area contributed by atoms with Gasteiger partial charge < -0.3 is 4.74 Å². The molecule has 1 aliphatic heterocycles. The van der Waals surface area contributed by atoms with E-state index in [0.29, 0.717) is 6.04 Å². The molecule has 31 heavy (non-hydrogen) atoms. The Labute approximate surface area is 181 Å². The van der Waals surface area contributed by atoms with Crippen molar-refractivity contribution in [3.8, 4) is 22.8 Å². The molecule has 0 N–H and O–H groups in total. The predicted molar refractivity (Wildman–Crippen MR) is 122 cm³/mol. The van der Waals surface area contributed by atoms with Crippen LogP contribution < -0.4 is 4.74 Å². The Morgan fingerprint density at radius 3 is 2.68 bits per heavy atom. The average molecular weight is 412 g/mol. The van der Waals surface area contributed by atoms with Gasteiger partial charge in [-0.1, -0.05) is 24.3 Å². The molecule has 0 amide bonds. The van der Waals surface area contributed by atoms with E-state index >= 15 is 0 Å². The van der Waals surface area contributed by atoms with Crippen LogP contribution >= 0.6 is 0 Å². The van der Waals surface area contributed by atoms with Gasteiger partial charge in [0.25, 0.3) is 0 Å². The Kier molecular flexibility index (Phi) is 5.46. The zero-order valence-corrected chi connectivity index (χ0v) is 17.4. The smallest absolute Gasteiger partial charge is 0.162 e. The summed E-state index contributed by atoms with van der Waals surface area (Å²) in [7, 11) is 0. The van der Waals surface area contributed by atoms with Crippen molar-refractivity contribution < 1.29 is 4.74 Å².